The Balaban J connectivity index is 1.74. The van der Waals surface area contributed by atoms with Crippen LogP contribution in [0.25, 0.3) is 0 Å². The van der Waals surface area contributed by atoms with Gasteiger partial charge in [0.15, 0.2) is 5.96 Å². The number of nitrogens with zero attached hydrogens (tertiary/aromatic N) is 2. The number of aliphatic hydroxyl groups is 1. The van der Waals surface area contributed by atoms with Crippen molar-refractivity contribution in [1.82, 2.24) is 10.2 Å². The first-order valence-corrected chi connectivity index (χ1v) is 14.3. The molecular formula is C31H44N4O4. The van der Waals surface area contributed by atoms with E-state index in [1.165, 1.54) is 5.56 Å². The monoisotopic (exact) mass is 536 g/mol. The minimum atomic E-state index is -1.53. The number of hydrogen-bond donors (Lipinski definition) is 4. The van der Waals surface area contributed by atoms with Crippen LogP contribution >= 0.6 is 0 Å². The maximum atomic E-state index is 12.9. The lowest BCUT2D eigenvalue weighted by molar-refractivity contribution is -0.144. The molecule has 8 heteroatoms. The molecule has 1 aliphatic heterocycles. The molecule has 39 heavy (non-hydrogen) atoms. The van der Waals surface area contributed by atoms with Gasteiger partial charge in [-0.1, -0.05) is 43.3 Å². The van der Waals surface area contributed by atoms with E-state index < -0.39 is 17.0 Å². The minimum absolute atomic E-state index is 0.00784. The van der Waals surface area contributed by atoms with Crippen LogP contribution in [0.15, 0.2) is 58.7 Å². The summed E-state index contributed by atoms with van der Waals surface area (Å²) in [7, 11) is 3.68. The number of allylic oxidation sites excluding steroid dienone is 1. The fourth-order valence-corrected chi connectivity index (χ4v) is 9.28. The van der Waals surface area contributed by atoms with Crippen LogP contribution in [0.1, 0.15) is 38.7 Å². The van der Waals surface area contributed by atoms with Crippen LogP contribution < -0.4 is 11.1 Å². The molecule has 4 aliphatic rings. The standard InChI is InChI=1S/C31H44N4O4/c1-5-39-19-29(38)17-30-20(2)13-22(14-21-9-7-6-8-10-21)24(15-25(30)26(29)27(36)37)31(30)18-35(28(32)34-4)12-11-23(31)16-33-3/h6-12,20,22-24,33,38H,5,13-19H2,1-4H3,(H2,32,34)(H,36,37). The zero-order valence-electron chi connectivity index (χ0n) is 23.7. The second kappa shape index (κ2) is 10.4. The maximum absolute atomic E-state index is 12.9. The second-order valence-corrected chi connectivity index (χ2v) is 12.1. The third-order valence-electron chi connectivity index (χ3n) is 10.5. The predicted octanol–water partition coefficient (Wildman–Crippen LogP) is 3.04. The Bertz CT molecular complexity index is 1180. The largest absolute Gasteiger partial charge is 0.478 e. The third kappa shape index (κ3) is 4.06. The van der Waals surface area contributed by atoms with Crippen molar-refractivity contribution in [1.29, 1.82) is 0 Å². The Morgan fingerprint density at radius 3 is 2.69 bits per heavy atom. The molecule has 2 fully saturated rings. The number of carboxylic acids is 1. The first kappa shape index (κ1) is 27.9. The van der Waals surface area contributed by atoms with Gasteiger partial charge >= 0.3 is 5.97 Å². The van der Waals surface area contributed by atoms with Crippen LogP contribution in [0.4, 0.5) is 0 Å². The highest BCUT2D eigenvalue weighted by molar-refractivity contribution is 5.92. The number of hydrogen-bond acceptors (Lipinski definition) is 5. The molecular weight excluding hydrogens is 492 g/mol. The second-order valence-electron chi connectivity index (χ2n) is 12.1. The molecule has 2 bridgehead atoms. The summed E-state index contributed by atoms with van der Waals surface area (Å²) in [5, 5.41) is 26.1. The highest BCUT2D eigenvalue weighted by Crippen LogP contribution is 2.78. The van der Waals surface area contributed by atoms with E-state index in [1.54, 1.807) is 7.05 Å². The molecule has 1 heterocycles. The van der Waals surface area contributed by atoms with E-state index in [0.717, 1.165) is 25.0 Å². The zero-order valence-corrected chi connectivity index (χ0v) is 23.7. The van der Waals surface area contributed by atoms with Crippen molar-refractivity contribution >= 4 is 11.9 Å². The van der Waals surface area contributed by atoms with Gasteiger partial charge in [0.1, 0.15) is 5.60 Å². The number of nitrogens with one attached hydrogen (secondary N) is 1. The summed E-state index contributed by atoms with van der Waals surface area (Å²) < 4.78 is 5.74. The Hall–Kier alpha value is -2.68. The number of aliphatic carboxylic acids is 1. The zero-order chi connectivity index (χ0) is 28.0. The Kier molecular flexibility index (Phi) is 7.42. The van der Waals surface area contributed by atoms with Crippen molar-refractivity contribution in [2.45, 2.75) is 45.1 Å². The highest BCUT2D eigenvalue weighted by atomic mass is 16.5. The number of rotatable bonds is 8. The SMILES string of the molecule is CCOCC1(O)CC23C(=C1C(=O)O)CC(C(Cc1ccccc1)CC2C)C31CN(C(N)=NC)C=CC1CNC. The first-order valence-electron chi connectivity index (χ1n) is 14.3. The van der Waals surface area contributed by atoms with Gasteiger partial charge in [0.2, 0.25) is 0 Å². The summed E-state index contributed by atoms with van der Waals surface area (Å²) in [6.45, 7) is 5.97. The molecule has 2 saturated carbocycles. The normalized spacial score (nSPS) is 37.6. The number of aliphatic imine (C=N–C) groups is 1. The van der Waals surface area contributed by atoms with Crippen LogP contribution in [0, 0.1) is 34.5 Å². The number of benzene rings is 1. The van der Waals surface area contributed by atoms with Gasteiger partial charge in [-0.25, -0.2) is 4.79 Å². The molecule has 1 aromatic carbocycles. The lowest BCUT2D eigenvalue weighted by Crippen LogP contribution is -2.64. The quantitative estimate of drug-likeness (QED) is 0.298. The predicted molar refractivity (Wildman–Crippen MR) is 152 cm³/mol. The van der Waals surface area contributed by atoms with Gasteiger partial charge in [-0.05, 0) is 74.5 Å². The minimum Gasteiger partial charge on any atom is -0.478 e. The average Bonchev–Trinajstić information content (AvgIpc) is 3.29. The van der Waals surface area contributed by atoms with Crippen molar-refractivity contribution in [2.75, 3.05) is 40.4 Å². The smallest absolute Gasteiger partial charge is 0.334 e. The summed E-state index contributed by atoms with van der Waals surface area (Å²) in [5.74, 6) is 0.322. The molecule has 0 amide bonds. The molecule has 5 rings (SSSR count). The summed E-state index contributed by atoms with van der Waals surface area (Å²) in [6, 6.07) is 10.6. The molecule has 1 aromatic rings. The molecule has 2 spiro atoms. The Morgan fingerprint density at radius 1 is 1.31 bits per heavy atom. The van der Waals surface area contributed by atoms with Crippen LogP contribution in [0.5, 0.6) is 0 Å². The van der Waals surface area contributed by atoms with E-state index >= 15 is 0 Å². The van der Waals surface area contributed by atoms with Crippen LogP contribution in [-0.4, -0.2) is 73.0 Å². The maximum Gasteiger partial charge on any atom is 0.334 e. The lowest BCUT2D eigenvalue weighted by Gasteiger charge is -2.62. The van der Waals surface area contributed by atoms with Crippen molar-refractivity contribution in [3.63, 3.8) is 0 Å². The van der Waals surface area contributed by atoms with Crippen LogP contribution in [-0.2, 0) is 16.0 Å². The number of nitrogens with two attached hydrogens (primary N) is 1. The van der Waals surface area contributed by atoms with E-state index in [-0.39, 0.29) is 35.3 Å². The van der Waals surface area contributed by atoms with Crippen LogP contribution in [0.3, 0.4) is 0 Å². The van der Waals surface area contributed by atoms with Gasteiger partial charge in [0, 0.05) is 43.8 Å². The fourth-order valence-electron chi connectivity index (χ4n) is 9.28. The van der Waals surface area contributed by atoms with Gasteiger partial charge < -0.3 is 30.9 Å². The van der Waals surface area contributed by atoms with Gasteiger partial charge in [-0.15, -0.1) is 0 Å². The van der Waals surface area contributed by atoms with Gasteiger partial charge in [-0.2, -0.15) is 0 Å². The Labute approximate surface area is 232 Å². The molecule has 0 radical (unpaired) electrons. The third-order valence-corrected chi connectivity index (χ3v) is 10.5. The molecule has 5 N–H and O–H groups in total. The molecule has 7 unspecified atom stereocenters. The number of ether oxygens (including phenoxy) is 1. The van der Waals surface area contributed by atoms with E-state index in [1.807, 2.05) is 31.1 Å². The summed E-state index contributed by atoms with van der Waals surface area (Å²) >= 11 is 0. The highest BCUT2D eigenvalue weighted by Gasteiger charge is 2.76. The number of guanidine groups is 1. The summed E-state index contributed by atoms with van der Waals surface area (Å²) in [5.41, 5.74) is 6.47. The van der Waals surface area contributed by atoms with Gasteiger partial charge in [0.25, 0.3) is 0 Å². The number of carboxylic acid groups (broad SMARTS) is 1. The van der Waals surface area contributed by atoms with E-state index in [9.17, 15) is 15.0 Å². The van der Waals surface area contributed by atoms with Crippen molar-refractivity contribution in [3.05, 3.63) is 59.3 Å². The van der Waals surface area contributed by atoms with Crippen LogP contribution in [0.2, 0.25) is 0 Å². The molecule has 0 saturated heterocycles. The van der Waals surface area contributed by atoms with E-state index in [0.29, 0.717) is 37.9 Å². The Morgan fingerprint density at radius 2 is 2.05 bits per heavy atom. The molecule has 0 aromatic heterocycles. The van der Waals surface area contributed by atoms with E-state index in [4.69, 9.17) is 10.5 Å². The van der Waals surface area contributed by atoms with Gasteiger partial charge in [0.05, 0.1) is 12.2 Å². The first-order chi connectivity index (χ1) is 18.7. The number of carbonyl (C=O) groups is 1. The summed E-state index contributed by atoms with van der Waals surface area (Å²) in [6.07, 6.45) is 7.24. The van der Waals surface area contributed by atoms with Crippen molar-refractivity contribution in [3.8, 4) is 0 Å². The molecule has 8 nitrogen and oxygen atoms in total. The fraction of sp³-hybridized carbons (Fsp3) is 0.613. The molecule has 3 aliphatic carbocycles. The lowest BCUT2D eigenvalue weighted by atomic mass is 9.43. The van der Waals surface area contributed by atoms with Gasteiger partial charge in [-0.3, -0.25) is 4.99 Å². The van der Waals surface area contributed by atoms with Crippen molar-refractivity contribution in [2.24, 2.45) is 45.2 Å². The average molecular weight is 537 g/mol. The molecule has 212 valence electrons. The van der Waals surface area contributed by atoms with E-state index in [2.05, 4.69) is 47.6 Å². The summed E-state index contributed by atoms with van der Waals surface area (Å²) in [4.78, 5) is 19.3. The topological polar surface area (TPSA) is 120 Å². The van der Waals surface area contributed by atoms with Crippen molar-refractivity contribution < 1.29 is 19.7 Å². The molecule has 7 atom stereocenters.